The largest absolute Gasteiger partial charge is 0.400 e. The van der Waals surface area contributed by atoms with Gasteiger partial charge in [-0.05, 0) is 31.8 Å². The zero-order chi connectivity index (χ0) is 25.8. The Morgan fingerprint density at radius 2 is 1.10 bits per heavy atom. The van der Waals surface area contributed by atoms with E-state index in [-0.39, 0.29) is 24.0 Å². The average molecular weight is 453 g/mol. The van der Waals surface area contributed by atoms with Gasteiger partial charge >= 0.3 is 0 Å². The summed E-state index contributed by atoms with van der Waals surface area (Å²) in [4.78, 5) is 0. The molecule has 0 bridgehead atoms. The van der Waals surface area contributed by atoms with Crippen LogP contribution in [0.2, 0.25) is 0 Å². The number of rotatable bonds is 14. The Balaban J connectivity index is -0.000000117. The summed E-state index contributed by atoms with van der Waals surface area (Å²) in [5.74, 6) is 0.810. The van der Waals surface area contributed by atoms with E-state index in [0.717, 1.165) is 39.2 Å². The Labute approximate surface area is 197 Å². The van der Waals surface area contributed by atoms with Crippen LogP contribution in [0.3, 0.4) is 0 Å². The molecular weight excluding hydrogens is 388 g/mol. The van der Waals surface area contributed by atoms with E-state index in [4.69, 9.17) is 15.3 Å². The van der Waals surface area contributed by atoms with Crippen molar-refractivity contribution in [3.8, 4) is 0 Å². The van der Waals surface area contributed by atoms with E-state index in [9.17, 15) is 0 Å². The van der Waals surface area contributed by atoms with Gasteiger partial charge in [0.1, 0.15) is 0 Å². The molecule has 31 heavy (non-hydrogen) atoms. The predicted octanol–water partition coefficient (Wildman–Crippen LogP) is 5.48. The molecule has 0 amide bonds. The van der Waals surface area contributed by atoms with Crippen molar-refractivity contribution in [1.82, 2.24) is 10.6 Å². The molecule has 0 rings (SSSR count). The van der Waals surface area contributed by atoms with E-state index in [2.05, 4.69) is 59.1 Å². The molecule has 0 aliphatic heterocycles. The van der Waals surface area contributed by atoms with E-state index in [1.54, 1.807) is 0 Å². The molecule has 0 aromatic heterocycles. The van der Waals surface area contributed by atoms with Crippen molar-refractivity contribution in [2.45, 2.75) is 108 Å². The first kappa shape index (κ1) is 41.1. The summed E-state index contributed by atoms with van der Waals surface area (Å²) in [5.41, 5.74) is 0.0572. The molecule has 0 aromatic carbocycles. The van der Waals surface area contributed by atoms with Crippen LogP contribution in [-0.4, -0.2) is 61.8 Å². The van der Waals surface area contributed by atoms with E-state index < -0.39 is 0 Å². The van der Waals surface area contributed by atoms with Crippen molar-refractivity contribution in [2.75, 3.05) is 46.5 Å². The number of unbranched alkanes of at least 4 members (excludes halogenated alkanes) is 2. The molecule has 0 aromatic rings. The molecule has 0 saturated heterocycles. The van der Waals surface area contributed by atoms with Crippen molar-refractivity contribution in [3.05, 3.63) is 0 Å². The Bertz CT molecular complexity index is 286. The summed E-state index contributed by atoms with van der Waals surface area (Å²) >= 11 is 0. The standard InChI is InChI=1S/C11H25NO.C10H23NO.2C2H6.CH4O/c1-5-10(2)6-7-12-8-11(3,4)9-13;1-4-5-6-7-11-8-10(2,3)9-12;3*1-2/h10,12-13H,5-9H2,1-4H3;11-12H,4-9H2,1-3H3;2*1-2H3;2H,1H3. The third kappa shape index (κ3) is 40.7. The molecule has 5 nitrogen and oxygen atoms in total. The average Bonchev–Trinajstić information content (AvgIpc) is 2.80. The molecule has 0 aliphatic carbocycles. The van der Waals surface area contributed by atoms with Gasteiger partial charge in [-0.15, -0.1) is 0 Å². The van der Waals surface area contributed by atoms with Crippen molar-refractivity contribution in [2.24, 2.45) is 16.7 Å². The Morgan fingerprint density at radius 3 is 1.42 bits per heavy atom. The van der Waals surface area contributed by atoms with Crippen LogP contribution in [0.5, 0.6) is 0 Å². The van der Waals surface area contributed by atoms with Crippen molar-refractivity contribution in [3.63, 3.8) is 0 Å². The normalized spacial score (nSPS) is 11.3. The molecule has 1 unspecified atom stereocenters. The Kier molecular flexibility index (Phi) is 42.4. The molecule has 0 fully saturated rings. The van der Waals surface area contributed by atoms with Gasteiger partial charge in [-0.1, -0.05) is 95.4 Å². The number of nitrogens with one attached hydrogen (secondary N) is 2. The summed E-state index contributed by atoms with van der Waals surface area (Å²) in [6.45, 7) is 27.5. The maximum Gasteiger partial charge on any atom is 0.0494 e. The molecule has 5 heteroatoms. The lowest BCUT2D eigenvalue weighted by Crippen LogP contribution is -2.33. The topological polar surface area (TPSA) is 84.8 Å². The molecule has 0 saturated carbocycles. The van der Waals surface area contributed by atoms with E-state index >= 15 is 0 Å². The van der Waals surface area contributed by atoms with Gasteiger partial charge in [0.15, 0.2) is 0 Å². The van der Waals surface area contributed by atoms with Gasteiger partial charge in [0, 0.05) is 44.2 Å². The lowest BCUT2D eigenvalue weighted by molar-refractivity contribution is 0.156. The number of aliphatic hydroxyl groups excluding tert-OH is 3. The van der Waals surface area contributed by atoms with E-state index in [1.807, 2.05) is 27.7 Å². The Hall–Kier alpha value is -0.200. The van der Waals surface area contributed by atoms with Gasteiger partial charge in [-0.3, -0.25) is 0 Å². The zero-order valence-electron chi connectivity index (χ0n) is 23.7. The van der Waals surface area contributed by atoms with Crippen molar-refractivity contribution >= 4 is 0 Å². The van der Waals surface area contributed by atoms with Crippen LogP contribution in [0, 0.1) is 16.7 Å². The molecule has 5 N–H and O–H groups in total. The highest BCUT2D eigenvalue weighted by Crippen LogP contribution is 2.12. The molecule has 0 aliphatic rings. The highest BCUT2D eigenvalue weighted by atomic mass is 16.3. The fraction of sp³-hybridized carbons (Fsp3) is 1.00. The summed E-state index contributed by atoms with van der Waals surface area (Å²) in [5, 5.41) is 31.7. The number of hydrogen-bond donors (Lipinski definition) is 5. The highest BCUT2D eigenvalue weighted by molar-refractivity contribution is 4.70. The second-order valence-electron chi connectivity index (χ2n) is 9.01. The predicted molar refractivity (Wildman–Crippen MR) is 142 cm³/mol. The van der Waals surface area contributed by atoms with Gasteiger partial charge < -0.3 is 26.0 Å². The minimum atomic E-state index is 0.0233. The highest BCUT2D eigenvalue weighted by Gasteiger charge is 2.15. The lowest BCUT2D eigenvalue weighted by Gasteiger charge is -2.22. The fourth-order valence-corrected chi connectivity index (χ4v) is 2.02. The molecule has 0 spiro atoms. The first-order valence-electron chi connectivity index (χ1n) is 12.7. The first-order valence-corrected chi connectivity index (χ1v) is 12.7. The summed E-state index contributed by atoms with van der Waals surface area (Å²) < 4.78 is 0. The van der Waals surface area contributed by atoms with Crippen molar-refractivity contribution < 1.29 is 15.3 Å². The maximum absolute atomic E-state index is 9.01. The van der Waals surface area contributed by atoms with Crippen LogP contribution in [0.4, 0.5) is 0 Å². The minimum Gasteiger partial charge on any atom is -0.400 e. The third-order valence-corrected chi connectivity index (χ3v) is 4.53. The molecule has 196 valence electrons. The second kappa shape index (κ2) is 32.0. The molecular formula is C26H64N2O3. The van der Waals surface area contributed by atoms with E-state index in [0.29, 0.717) is 0 Å². The zero-order valence-corrected chi connectivity index (χ0v) is 23.7. The SMILES string of the molecule is CC.CC.CCC(C)CCNCC(C)(C)CO.CCCCCNCC(C)(C)CO.CO. The minimum absolute atomic E-state index is 0.0233. The van der Waals surface area contributed by atoms with Crippen LogP contribution in [-0.2, 0) is 0 Å². The van der Waals surface area contributed by atoms with Crippen LogP contribution in [0.15, 0.2) is 0 Å². The van der Waals surface area contributed by atoms with Gasteiger partial charge in [-0.2, -0.15) is 0 Å². The number of aliphatic hydroxyl groups is 3. The molecule has 1 atom stereocenters. The monoisotopic (exact) mass is 452 g/mol. The van der Waals surface area contributed by atoms with Gasteiger partial charge in [-0.25, -0.2) is 0 Å². The summed E-state index contributed by atoms with van der Waals surface area (Å²) in [6, 6.07) is 0. The smallest absolute Gasteiger partial charge is 0.0494 e. The Morgan fingerprint density at radius 1 is 0.710 bits per heavy atom. The van der Waals surface area contributed by atoms with Crippen LogP contribution in [0.25, 0.3) is 0 Å². The van der Waals surface area contributed by atoms with Gasteiger partial charge in [0.25, 0.3) is 0 Å². The van der Waals surface area contributed by atoms with Gasteiger partial charge in [0.2, 0.25) is 0 Å². The summed E-state index contributed by atoms with van der Waals surface area (Å²) in [6.07, 6.45) is 6.30. The third-order valence-electron chi connectivity index (χ3n) is 4.53. The fourth-order valence-electron chi connectivity index (χ4n) is 2.02. The van der Waals surface area contributed by atoms with Crippen LogP contribution < -0.4 is 10.6 Å². The van der Waals surface area contributed by atoms with Crippen LogP contribution >= 0.6 is 0 Å². The van der Waals surface area contributed by atoms with Crippen LogP contribution in [0.1, 0.15) is 108 Å². The summed E-state index contributed by atoms with van der Waals surface area (Å²) in [7, 11) is 1.00. The first-order chi connectivity index (χ1) is 14.6. The second-order valence-corrected chi connectivity index (χ2v) is 9.01. The van der Waals surface area contributed by atoms with Gasteiger partial charge in [0.05, 0.1) is 0 Å². The molecule has 0 radical (unpaired) electrons. The maximum atomic E-state index is 9.01. The van der Waals surface area contributed by atoms with E-state index in [1.165, 1.54) is 32.1 Å². The van der Waals surface area contributed by atoms with Crippen molar-refractivity contribution in [1.29, 1.82) is 0 Å². The quantitative estimate of drug-likeness (QED) is 0.225. The molecule has 0 heterocycles. The number of hydrogen-bond acceptors (Lipinski definition) is 5. The lowest BCUT2D eigenvalue weighted by atomic mass is 9.95.